The van der Waals surface area contributed by atoms with Gasteiger partial charge in [0.05, 0.1) is 6.61 Å². The maximum absolute atomic E-state index is 11.4. The molecule has 2 nitrogen and oxygen atoms in total. The Kier molecular flexibility index (Phi) is 19.9. The summed E-state index contributed by atoms with van der Waals surface area (Å²) in [5.41, 5.74) is 0. The molecule has 0 amide bonds. The van der Waals surface area contributed by atoms with Gasteiger partial charge in [-0.1, -0.05) is 110 Å². The Balaban J connectivity index is 3.08. The molecule has 0 saturated carbocycles. The van der Waals surface area contributed by atoms with E-state index in [1.807, 2.05) is 6.92 Å². The summed E-state index contributed by atoms with van der Waals surface area (Å²) in [6, 6.07) is 0. The predicted octanol–water partition coefficient (Wildman–Crippen LogP) is 7.81. The van der Waals surface area contributed by atoms with Gasteiger partial charge in [-0.05, 0) is 12.8 Å². The molecule has 0 bridgehead atoms. The van der Waals surface area contributed by atoms with Gasteiger partial charge in [-0.15, -0.1) is 11.6 Å². The first-order valence-corrected chi connectivity index (χ1v) is 11.5. The van der Waals surface area contributed by atoms with Gasteiger partial charge in [0.15, 0.2) is 0 Å². The molecule has 1 atom stereocenters. The van der Waals surface area contributed by atoms with Gasteiger partial charge < -0.3 is 4.74 Å². The van der Waals surface area contributed by atoms with Crippen molar-refractivity contribution in [3.8, 4) is 0 Å². The quantitative estimate of drug-likeness (QED) is 0.131. The molecule has 0 aromatic carbocycles. The van der Waals surface area contributed by atoms with Crippen LogP contribution in [0.3, 0.4) is 0 Å². The van der Waals surface area contributed by atoms with E-state index in [1.165, 1.54) is 89.9 Å². The predicted molar refractivity (Wildman–Crippen MR) is 110 cm³/mol. The number of unbranched alkanes of at least 4 members (excludes halogenated alkanes) is 15. The summed E-state index contributed by atoms with van der Waals surface area (Å²) in [6.45, 7) is 4.70. The molecule has 1 unspecified atom stereocenters. The average Bonchev–Trinajstić information content (AvgIpc) is 2.63. The summed E-state index contributed by atoms with van der Waals surface area (Å²) in [5, 5.41) is -0.471. The van der Waals surface area contributed by atoms with Gasteiger partial charge in [0.1, 0.15) is 5.38 Å². The van der Waals surface area contributed by atoms with Crippen LogP contribution in [0.15, 0.2) is 0 Å². The number of halogens is 1. The lowest BCUT2D eigenvalue weighted by molar-refractivity contribution is -0.143. The van der Waals surface area contributed by atoms with Gasteiger partial charge in [0.2, 0.25) is 0 Å². The second kappa shape index (κ2) is 20.1. The molecule has 150 valence electrons. The van der Waals surface area contributed by atoms with Crippen LogP contribution < -0.4 is 0 Å². The first kappa shape index (κ1) is 24.8. The van der Waals surface area contributed by atoms with E-state index in [2.05, 4.69) is 6.92 Å². The molecular formula is C22H43ClO2. The molecule has 0 N–H and O–H groups in total. The summed E-state index contributed by atoms with van der Waals surface area (Å²) in [7, 11) is 0. The molecule has 0 saturated heterocycles. The zero-order chi connectivity index (χ0) is 18.6. The third-order valence-corrected chi connectivity index (χ3v) is 5.34. The molecule has 25 heavy (non-hydrogen) atoms. The van der Waals surface area contributed by atoms with Crippen molar-refractivity contribution in [3.05, 3.63) is 0 Å². The Labute approximate surface area is 162 Å². The first-order valence-electron chi connectivity index (χ1n) is 11.0. The van der Waals surface area contributed by atoms with Gasteiger partial charge in [-0.25, -0.2) is 0 Å². The van der Waals surface area contributed by atoms with Gasteiger partial charge in [-0.3, -0.25) is 4.79 Å². The minimum Gasteiger partial charge on any atom is -0.465 e. The number of alkyl halides is 1. The summed E-state index contributed by atoms with van der Waals surface area (Å²) >= 11 is 5.82. The monoisotopic (exact) mass is 374 g/mol. The van der Waals surface area contributed by atoms with E-state index in [0.29, 0.717) is 13.0 Å². The van der Waals surface area contributed by atoms with Crippen molar-refractivity contribution in [2.75, 3.05) is 6.61 Å². The van der Waals surface area contributed by atoms with Crippen molar-refractivity contribution in [1.82, 2.24) is 0 Å². The van der Waals surface area contributed by atoms with E-state index in [-0.39, 0.29) is 5.97 Å². The van der Waals surface area contributed by atoms with E-state index in [1.54, 1.807) is 0 Å². The van der Waals surface area contributed by atoms with Crippen molar-refractivity contribution in [2.24, 2.45) is 0 Å². The average molecular weight is 375 g/mol. The number of ether oxygens (including phenoxy) is 1. The van der Waals surface area contributed by atoms with Gasteiger partial charge in [0.25, 0.3) is 0 Å². The van der Waals surface area contributed by atoms with Crippen LogP contribution in [0.2, 0.25) is 0 Å². The first-order chi connectivity index (χ1) is 12.2. The Morgan fingerprint density at radius 3 is 1.40 bits per heavy atom. The minimum absolute atomic E-state index is 0.259. The topological polar surface area (TPSA) is 26.3 Å². The standard InChI is InChI=1S/C22H43ClO2/c1-3-5-6-7-8-9-10-11-12-13-14-15-16-17-18-19-20-25-22(24)21(23)4-2/h21H,3-20H2,1-2H3. The van der Waals surface area contributed by atoms with Crippen LogP contribution in [0, 0.1) is 0 Å². The fourth-order valence-electron chi connectivity index (χ4n) is 3.08. The lowest BCUT2D eigenvalue weighted by Gasteiger charge is -2.07. The summed E-state index contributed by atoms with van der Waals surface area (Å²) in [4.78, 5) is 11.4. The SMILES string of the molecule is CCCCCCCCCCCCCCCCCCOC(=O)C(Cl)CC. The largest absolute Gasteiger partial charge is 0.465 e. The van der Waals surface area contributed by atoms with Crippen LogP contribution in [0.5, 0.6) is 0 Å². The van der Waals surface area contributed by atoms with Crippen LogP contribution in [0.25, 0.3) is 0 Å². The Bertz CT molecular complexity index is 281. The number of carbonyl (C=O) groups is 1. The second-order valence-corrected chi connectivity index (χ2v) is 7.87. The second-order valence-electron chi connectivity index (χ2n) is 7.35. The number of hydrogen-bond donors (Lipinski definition) is 0. The van der Waals surface area contributed by atoms with E-state index in [0.717, 1.165) is 12.8 Å². The van der Waals surface area contributed by atoms with Crippen molar-refractivity contribution >= 4 is 17.6 Å². The fraction of sp³-hybridized carbons (Fsp3) is 0.955. The zero-order valence-electron chi connectivity index (χ0n) is 17.0. The molecule has 0 spiro atoms. The van der Waals surface area contributed by atoms with Crippen LogP contribution in [0.4, 0.5) is 0 Å². The number of carbonyl (C=O) groups excluding carboxylic acids is 1. The summed E-state index contributed by atoms with van der Waals surface area (Å²) < 4.78 is 5.14. The van der Waals surface area contributed by atoms with Gasteiger partial charge in [-0.2, -0.15) is 0 Å². The maximum Gasteiger partial charge on any atom is 0.324 e. The highest BCUT2D eigenvalue weighted by Gasteiger charge is 2.13. The molecule has 0 fully saturated rings. The lowest BCUT2D eigenvalue weighted by Crippen LogP contribution is -2.17. The van der Waals surface area contributed by atoms with Crippen LogP contribution in [-0.4, -0.2) is 18.0 Å². The fourth-order valence-corrected chi connectivity index (χ4v) is 3.14. The van der Waals surface area contributed by atoms with Crippen molar-refractivity contribution in [3.63, 3.8) is 0 Å². The third-order valence-electron chi connectivity index (χ3n) is 4.86. The van der Waals surface area contributed by atoms with E-state index in [9.17, 15) is 4.79 Å². The molecule has 0 aromatic rings. The highest BCUT2D eigenvalue weighted by Crippen LogP contribution is 2.13. The minimum atomic E-state index is -0.471. The lowest BCUT2D eigenvalue weighted by atomic mass is 10.0. The summed E-state index contributed by atoms with van der Waals surface area (Å²) in [5.74, 6) is -0.259. The molecule has 0 aliphatic heterocycles. The van der Waals surface area contributed by atoms with Gasteiger partial charge in [0, 0.05) is 0 Å². The molecule has 0 radical (unpaired) electrons. The van der Waals surface area contributed by atoms with Crippen molar-refractivity contribution in [1.29, 1.82) is 0 Å². The Morgan fingerprint density at radius 1 is 0.680 bits per heavy atom. The number of rotatable bonds is 19. The molecule has 0 rings (SSSR count). The Morgan fingerprint density at radius 2 is 1.04 bits per heavy atom. The zero-order valence-corrected chi connectivity index (χ0v) is 17.8. The summed E-state index contributed by atoms with van der Waals surface area (Å²) in [6.07, 6.45) is 22.3. The molecule has 3 heteroatoms. The number of hydrogen-bond acceptors (Lipinski definition) is 2. The van der Waals surface area contributed by atoms with Crippen LogP contribution in [-0.2, 0) is 9.53 Å². The van der Waals surface area contributed by atoms with Gasteiger partial charge >= 0.3 is 5.97 Å². The van der Waals surface area contributed by atoms with Crippen LogP contribution in [0.1, 0.15) is 123 Å². The smallest absolute Gasteiger partial charge is 0.324 e. The third kappa shape index (κ3) is 18.4. The number of esters is 1. The molecule has 0 aliphatic rings. The van der Waals surface area contributed by atoms with E-state index >= 15 is 0 Å². The van der Waals surface area contributed by atoms with E-state index in [4.69, 9.17) is 16.3 Å². The van der Waals surface area contributed by atoms with E-state index < -0.39 is 5.38 Å². The van der Waals surface area contributed by atoms with Crippen molar-refractivity contribution < 1.29 is 9.53 Å². The molecular weight excluding hydrogens is 332 g/mol. The maximum atomic E-state index is 11.4. The molecule has 0 heterocycles. The highest BCUT2D eigenvalue weighted by molar-refractivity contribution is 6.29. The highest BCUT2D eigenvalue weighted by atomic mass is 35.5. The van der Waals surface area contributed by atoms with Crippen LogP contribution >= 0.6 is 11.6 Å². The normalized spacial score (nSPS) is 12.3. The molecule has 0 aromatic heterocycles. The van der Waals surface area contributed by atoms with Crippen molar-refractivity contribution in [2.45, 2.75) is 128 Å². The molecule has 0 aliphatic carbocycles. The Hall–Kier alpha value is -0.240.